The van der Waals surface area contributed by atoms with Crippen LogP contribution in [0, 0.1) is 0 Å². The number of carbonyl (C=O) groups excluding carboxylic acids is 2. The topological polar surface area (TPSA) is 94.9 Å². The van der Waals surface area contributed by atoms with E-state index in [1.54, 1.807) is 17.9 Å². The van der Waals surface area contributed by atoms with E-state index in [0.29, 0.717) is 45.1 Å². The zero-order chi connectivity index (χ0) is 19.4. The van der Waals surface area contributed by atoms with Gasteiger partial charge in [-0.1, -0.05) is 18.2 Å². The van der Waals surface area contributed by atoms with E-state index in [-0.39, 0.29) is 30.3 Å². The molecule has 6 heteroatoms. The molecule has 0 saturated carbocycles. The lowest BCUT2D eigenvalue weighted by molar-refractivity contribution is -0.137. The van der Waals surface area contributed by atoms with Gasteiger partial charge in [0.1, 0.15) is 0 Å². The number of nitrogens with zero attached hydrogens (tertiary/aromatic N) is 1. The molecule has 146 valence electrons. The lowest BCUT2D eigenvalue weighted by atomic mass is 10.00. The Morgan fingerprint density at radius 1 is 1.27 bits per heavy atom. The standard InChI is InChI=1S/C20H31NO5/c1-16(22)8-6-10-18(23)14-13-17-9-7-11-19(24)21(17)15-5-3-2-4-12-20(25)26/h3,5,13-14,16-17,22H,2,4,6-12,15H2,1H3,(H,25,26)/t16?,17-/m1/s1. The highest BCUT2D eigenvalue weighted by Crippen LogP contribution is 2.19. The van der Waals surface area contributed by atoms with Crippen LogP contribution < -0.4 is 0 Å². The molecule has 0 spiro atoms. The number of likely N-dealkylation sites (tertiary alicyclic amines) is 1. The van der Waals surface area contributed by atoms with Crippen LogP contribution >= 0.6 is 0 Å². The number of piperidine rings is 1. The fourth-order valence-electron chi connectivity index (χ4n) is 2.93. The van der Waals surface area contributed by atoms with Gasteiger partial charge in [-0.25, -0.2) is 0 Å². The van der Waals surface area contributed by atoms with Crippen molar-refractivity contribution in [2.24, 2.45) is 0 Å². The van der Waals surface area contributed by atoms with E-state index in [2.05, 4.69) is 0 Å². The highest BCUT2D eigenvalue weighted by Gasteiger charge is 2.25. The molecule has 1 amide bonds. The Labute approximate surface area is 155 Å². The van der Waals surface area contributed by atoms with Crippen LogP contribution in [0.5, 0.6) is 0 Å². The zero-order valence-corrected chi connectivity index (χ0v) is 15.6. The van der Waals surface area contributed by atoms with Crippen molar-refractivity contribution in [2.75, 3.05) is 6.54 Å². The maximum Gasteiger partial charge on any atom is 0.303 e. The van der Waals surface area contributed by atoms with E-state index in [9.17, 15) is 19.5 Å². The van der Waals surface area contributed by atoms with Gasteiger partial charge < -0.3 is 15.1 Å². The molecule has 1 unspecified atom stereocenters. The maximum atomic E-state index is 12.2. The minimum absolute atomic E-state index is 0.0211. The van der Waals surface area contributed by atoms with Crippen molar-refractivity contribution in [3.63, 3.8) is 0 Å². The number of hydrogen-bond acceptors (Lipinski definition) is 4. The number of unbranched alkanes of at least 4 members (excludes halogenated alkanes) is 1. The largest absolute Gasteiger partial charge is 0.481 e. The summed E-state index contributed by atoms with van der Waals surface area (Å²) in [5.41, 5.74) is 0. The minimum Gasteiger partial charge on any atom is -0.481 e. The number of ketones is 1. The van der Waals surface area contributed by atoms with Crippen molar-refractivity contribution in [2.45, 2.75) is 76.9 Å². The van der Waals surface area contributed by atoms with Crippen LogP contribution in [-0.4, -0.2) is 51.5 Å². The van der Waals surface area contributed by atoms with E-state index in [1.165, 1.54) is 0 Å². The van der Waals surface area contributed by atoms with Gasteiger partial charge in [0.2, 0.25) is 5.91 Å². The average Bonchev–Trinajstić information content (AvgIpc) is 2.57. The lowest BCUT2D eigenvalue weighted by Crippen LogP contribution is -2.42. The number of aliphatic hydroxyl groups is 1. The van der Waals surface area contributed by atoms with Crippen LogP contribution in [0.25, 0.3) is 0 Å². The normalized spacial score (nSPS) is 19.4. The smallest absolute Gasteiger partial charge is 0.303 e. The van der Waals surface area contributed by atoms with E-state index < -0.39 is 5.97 Å². The molecular formula is C20H31NO5. The fourth-order valence-corrected chi connectivity index (χ4v) is 2.93. The summed E-state index contributed by atoms with van der Waals surface area (Å²) in [5.74, 6) is -0.691. The second-order valence-electron chi connectivity index (χ2n) is 6.83. The Hall–Kier alpha value is -1.95. The number of aliphatic carboxylic acids is 1. The molecule has 0 aromatic heterocycles. The van der Waals surface area contributed by atoms with E-state index in [1.807, 2.05) is 18.2 Å². The third-order valence-electron chi connectivity index (χ3n) is 4.39. The number of allylic oxidation sites excluding steroid dienone is 2. The molecule has 1 saturated heterocycles. The Morgan fingerprint density at radius 3 is 2.73 bits per heavy atom. The first kappa shape index (κ1) is 22.1. The molecule has 0 bridgehead atoms. The van der Waals surface area contributed by atoms with Gasteiger partial charge in [0, 0.05) is 25.8 Å². The molecule has 2 atom stereocenters. The quantitative estimate of drug-likeness (QED) is 0.315. The van der Waals surface area contributed by atoms with E-state index >= 15 is 0 Å². The monoisotopic (exact) mass is 365 g/mol. The van der Waals surface area contributed by atoms with Gasteiger partial charge >= 0.3 is 5.97 Å². The molecule has 6 nitrogen and oxygen atoms in total. The van der Waals surface area contributed by atoms with Gasteiger partial charge in [-0.3, -0.25) is 14.4 Å². The Balaban J connectivity index is 2.46. The molecule has 2 N–H and O–H groups in total. The number of aliphatic hydroxyl groups excluding tert-OH is 1. The Bertz CT molecular complexity index is 524. The van der Waals surface area contributed by atoms with Gasteiger partial charge in [-0.15, -0.1) is 0 Å². The third-order valence-corrected chi connectivity index (χ3v) is 4.39. The van der Waals surface area contributed by atoms with Gasteiger partial charge in [-0.05, 0) is 51.5 Å². The third kappa shape index (κ3) is 9.51. The van der Waals surface area contributed by atoms with Crippen molar-refractivity contribution in [1.29, 1.82) is 0 Å². The minimum atomic E-state index is -0.798. The molecule has 1 fully saturated rings. The van der Waals surface area contributed by atoms with Gasteiger partial charge in [0.15, 0.2) is 5.78 Å². The molecule has 1 aliphatic rings. The number of hydrogen-bond donors (Lipinski definition) is 2. The van der Waals surface area contributed by atoms with Crippen LogP contribution in [0.1, 0.15) is 64.7 Å². The first-order valence-corrected chi connectivity index (χ1v) is 9.45. The van der Waals surface area contributed by atoms with Crippen molar-refractivity contribution >= 4 is 17.7 Å². The number of carboxylic acids is 1. The molecule has 0 aromatic carbocycles. The predicted octanol–water partition coefficient (Wildman–Crippen LogP) is 2.86. The predicted molar refractivity (Wildman–Crippen MR) is 99.7 cm³/mol. The second kappa shape index (κ2) is 12.4. The summed E-state index contributed by atoms with van der Waals surface area (Å²) in [6.07, 6.45) is 12.1. The zero-order valence-electron chi connectivity index (χ0n) is 15.6. The molecule has 1 heterocycles. The molecule has 0 aliphatic carbocycles. The van der Waals surface area contributed by atoms with Gasteiger partial charge in [0.25, 0.3) is 0 Å². The summed E-state index contributed by atoms with van der Waals surface area (Å²) in [5, 5.41) is 17.8. The molecule has 1 aliphatic heterocycles. The summed E-state index contributed by atoms with van der Waals surface area (Å²) >= 11 is 0. The SMILES string of the molecule is CC(O)CCCC(=O)C=C[C@H]1CCCC(=O)N1CC=CCCCC(=O)O. The van der Waals surface area contributed by atoms with Crippen LogP contribution in [0.3, 0.4) is 0 Å². The highest BCUT2D eigenvalue weighted by molar-refractivity contribution is 5.89. The van der Waals surface area contributed by atoms with Crippen molar-refractivity contribution in [3.8, 4) is 0 Å². The second-order valence-corrected chi connectivity index (χ2v) is 6.83. The van der Waals surface area contributed by atoms with Crippen LogP contribution in [0.15, 0.2) is 24.3 Å². The molecule has 0 radical (unpaired) electrons. The van der Waals surface area contributed by atoms with Crippen molar-refractivity contribution < 1.29 is 24.6 Å². The number of carbonyl (C=O) groups is 3. The Kier molecular flexibility index (Phi) is 10.5. The maximum absolute atomic E-state index is 12.2. The molecule has 26 heavy (non-hydrogen) atoms. The van der Waals surface area contributed by atoms with Crippen LogP contribution in [0.4, 0.5) is 0 Å². The van der Waals surface area contributed by atoms with Crippen molar-refractivity contribution in [1.82, 2.24) is 4.90 Å². The Morgan fingerprint density at radius 2 is 2.04 bits per heavy atom. The molecule has 1 rings (SSSR count). The average molecular weight is 365 g/mol. The first-order valence-electron chi connectivity index (χ1n) is 9.45. The first-order chi connectivity index (χ1) is 12.4. The summed E-state index contributed by atoms with van der Waals surface area (Å²) in [4.78, 5) is 36.3. The fraction of sp³-hybridized carbons (Fsp3) is 0.650. The summed E-state index contributed by atoms with van der Waals surface area (Å²) in [6.45, 7) is 2.19. The van der Waals surface area contributed by atoms with Crippen molar-refractivity contribution in [3.05, 3.63) is 24.3 Å². The van der Waals surface area contributed by atoms with E-state index in [0.717, 1.165) is 12.8 Å². The van der Waals surface area contributed by atoms with Gasteiger partial charge in [-0.2, -0.15) is 0 Å². The van der Waals surface area contributed by atoms with Crippen LogP contribution in [0.2, 0.25) is 0 Å². The number of amides is 1. The summed E-state index contributed by atoms with van der Waals surface area (Å²) < 4.78 is 0. The van der Waals surface area contributed by atoms with Gasteiger partial charge in [0.05, 0.1) is 12.1 Å². The summed E-state index contributed by atoms with van der Waals surface area (Å²) in [7, 11) is 0. The number of rotatable bonds is 12. The van der Waals surface area contributed by atoms with Crippen LogP contribution in [-0.2, 0) is 14.4 Å². The number of carboxylic acid groups (broad SMARTS) is 1. The molecule has 0 aromatic rings. The lowest BCUT2D eigenvalue weighted by Gasteiger charge is -2.33. The summed E-state index contributed by atoms with van der Waals surface area (Å²) in [6, 6.07) is -0.0689. The molecular weight excluding hydrogens is 334 g/mol. The highest BCUT2D eigenvalue weighted by atomic mass is 16.4. The van der Waals surface area contributed by atoms with E-state index in [4.69, 9.17) is 5.11 Å².